The molecular formula is C31H26N4O2. The lowest BCUT2D eigenvalue weighted by molar-refractivity contribution is -0.111. The summed E-state index contributed by atoms with van der Waals surface area (Å²) in [6, 6.07) is 31.3. The number of aromatic amines is 1. The molecule has 0 fully saturated rings. The van der Waals surface area contributed by atoms with Gasteiger partial charge in [0.15, 0.2) is 0 Å². The average Bonchev–Trinajstić information content (AvgIpc) is 3.34. The Bertz CT molecular complexity index is 1590. The number of nitrogens with one attached hydrogen (secondary N) is 3. The van der Waals surface area contributed by atoms with E-state index in [-0.39, 0.29) is 5.91 Å². The molecule has 182 valence electrons. The zero-order valence-corrected chi connectivity index (χ0v) is 20.3. The van der Waals surface area contributed by atoms with E-state index in [0.29, 0.717) is 5.69 Å². The Morgan fingerprint density at radius 2 is 1.57 bits per heavy atom. The number of H-pyrrole nitrogens is 1. The molecule has 0 radical (unpaired) electrons. The highest BCUT2D eigenvalue weighted by Crippen LogP contribution is 2.25. The molecule has 0 aliphatic heterocycles. The first-order valence-corrected chi connectivity index (χ1v) is 11.9. The van der Waals surface area contributed by atoms with Gasteiger partial charge < -0.3 is 15.4 Å². The zero-order valence-electron chi connectivity index (χ0n) is 20.3. The van der Waals surface area contributed by atoms with Crippen LogP contribution in [0, 0.1) is 0 Å². The molecule has 0 bridgehead atoms. The summed E-state index contributed by atoms with van der Waals surface area (Å²) in [7, 11) is 1.62. The third-order valence-corrected chi connectivity index (χ3v) is 5.77. The summed E-state index contributed by atoms with van der Waals surface area (Å²) in [5.41, 5.74) is 6.30. The number of methoxy groups -OCH3 is 1. The first-order chi connectivity index (χ1) is 18.2. The molecule has 0 saturated heterocycles. The maximum Gasteiger partial charge on any atom is 0.248 e. The van der Waals surface area contributed by atoms with E-state index in [4.69, 9.17) is 4.74 Å². The van der Waals surface area contributed by atoms with Gasteiger partial charge in [0.2, 0.25) is 5.91 Å². The van der Waals surface area contributed by atoms with Gasteiger partial charge in [-0.05, 0) is 71.8 Å². The predicted octanol–water partition coefficient (Wildman–Crippen LogP) is 7.14. The van der Waals surface area contributed by atoms with E-state index >= 15 is 0 Å². The molecule has 0 atom stereocenters. The van der Waals surface area contributed by atoms with Crippen molar-refractivity contribution in [2.24, 2.45) is 0 Å². The third-order valence-electron chi connectivity index (χ3n) is 5.77. The van der Waals surface area contributed by atoms with Gasteiger partial charge in [0.1, 0.15) is 5.75 Å². The number of carbonyl (C=O) groups excluding carboxylic acids is 1. The number of rotatable bonds is 8. The largest absolute Gasteiger partial charge is 0.497 e. The van der Waals surface area contributed by atoms with Crippen molar-refractivity contribution in [3.8, 4) is 5.75 Å². The van der Waals surface area contributed by atoms with Crippen molar-refractivity contribution in [1.29, 1.82) is 0 Å². The van der Waals surface area contributed by atoms with Crippen LogP contribution in [0.15, 0.2) is 103 Å². The lowest BCUT2D eigenvalue weighted by atomic mass is 10.1. The molecule has 1 amide bonds. The van der Waals surface area contributed by atoms with Crippen molar-refractivity contribution in [3.63, 3.8) is 0 Å². The molecule has 0 unspecified atom stereocenters. The van der Waals surface area contributed by atoms with Crippen molar-refractivity contribution in [3.05, 3.63) is 120 Å². The number of aromatic nitrogens is 2. The van der Waals surface area contributed by atoms with Crippen LogP contribution in [0.25, 0.3) is 29.1 Å². The van der Waals surface area contributed by atoms with Crippen LogP contribution in [0.5, 0.6) is 5.75 Å². The maximum atomic E-state index is 12.4. The first kappa shape index (κ1) is 23.6. The van der Waals surface area contributed by atoms with Crippen molar-refractivity contribution in [1.82, 2.24) is 10.2 Å². The second-order valence-electron chi connectivity index (χ2n) is 8.42. The number of benzene rings is 4. The smallest absolute Gasteiger partial charge is 0.248 e. The summed E-state index contributed by atoms with van der Waals surface area (Å²) in [5, 5.41) is 14.9. The monoisotopic (exact) mass is 486 g/mol. The Morgan fingerprint density at radius 3 is 2.43 bits per heavy atom. The van der Waals surface area contributed by atoms with Gasteiger partial charge in [-0.3, -0.25) is 9.89 Å². The number of nitrogens with zero attached hydrogens (tertiary/aromatic N) is 1. The first-order valence-electron chi connectivity index (χ1n) is 11.9. The van der Waals surface area contributed by atoms with E-state index < -0.39 is 0 Å². The van der Waals surface area contributed by atoms with Gasteiger partial charge in [-0.1, -0.05) is 54.6 Å². The summed E-state index contributed by atoms with van der Waals surface area (Å²) < 4.78 is 5.22. The predicted molar refractivity (Wildman–Crippen MR) is 152 cm³/mol. The molecule has 1 aromatic heterocycles. The van der Waals surface area contributed by atoms with Gasteiger partial charge in [0.05, 0.1) is 18.3 Å². The van der Waals surface area contributed by atoms with Crippen LogP contribution >= 0.6 is 0 Å². The fraction of sp³-hybridized carbons (Fsp3) is 0.0323. The van der Waals surface area contributed by atoms with Crippen LogP contribution in [0.1, 0.15) is 16.8 Å². The molecule has 4 aromatic carbocycles. The fourth-order valence-electron chi connectivity index (χ4n) is 3.93. The van der Waals surface area contributed by atoms with Crippen LogP contribution in [-0.2, 0) is 4.79 Å². The highest BCUT2D eigenvalue weighted by molar-refractivity contribution is 6.02. The van der Waals surface area contributed by atoms with E-state index in [2.05, 4.69) is 33.0 Å². The molecule has 37 heavy (non-hydrogen) atoms. The third kappa shape index (κ3) is 6.13. The molecule has 5 rings (SSSR count). The topological polar surface area (TPSA) is 79.0 Å². The van der Waals surface area contributed by atoms with E-state index in [1.807, 2.05) is 97.1 Å². The molecule has 6 heteroatoms. The Kier molecular flexibility index (Phi) is 7.09. The summed E-state index contributed by atoms with van der Waals surface area (Å²) in [4.78, 5) is 12.4. The van der Waals surface area contributed by atoms with Gasteiger partial charge in [-0.15, -0.1) is 0 Å². The minimum absolute atomic E-state index is 0.213. The molecule has 5 aromatic rings. The number of fused-ring (bicyclic) bond motifs is 1. The fourth-order valence-corrected chi connectivity index (χ4v) is 3.93. The Hall–Kier alpha value is -5.10. The van der Waals surface area contributed by atoms with Gasteiger partial charge in [-0.2, -0.15) is 5.10 Å². The molecule has 0 saturated carbocycles. The standard InChI is InChI=1S/C31H26N4O2/c1-37-27-12-5-9-23(19-27)14-18-31(36)33-25-11-6-10-24(20-25)32-26-15-16-28-29(34-35-30(28)21-26)17-13-22-7-3-2-4-8-22/h2-21,32H,1H3,(H,33,36)(H,34,35)/b17-13+,18-14+. The SMILES string of the molecule is COc1cccc(/C=C/C(=O)Nc2cccc(Nc3ccc4c(/C=C/c5ccccc5)n[nH]c4c3)c2)c1. The van der Waals surface area contributed by atoms with Gasteiger partial charge >= 0.3 is 0 Å². The molecular weight excluding hydrogens is 460 g/mol. The van der Waals surface area contributed by atoms with E-state index in [0.717, 1.165) is 44.8 Å². The van der Waals surface area contributed by atoms with Crippen molar-refractivity contribution < 1.29 is 9.53 Å². The average molecular weight is 487 g/mol. The second kappa shape index (κ2) is 11.1. The highest BCUT2D eigenvalue weighted by Gasteiger charge is 2.06. The number of anilines is 3. The quantitative estimate of drug-likeness (QED) is 0.204. The Balaban J connectivity index is 1.24. The molecule has 6 nitrogen and oxygen atoms in total. The number of hydrogen-bond donors (Lipinski definition) is 3. The van der Waals surface area contributed by atoms with Gasteiger partial charge in [-0.25, -0.2) is 0 Å². The number of ether oxygens (including phenoxy) is 1. The number of amides is 1. The Morgan fingerprint density at radius 1 is 0.784 bits per heavy atom. The van der Waals surface area contributed by atoms with Crippen LogP contribution in [-0.4, -0.2) is 23.2 Å². The van der Waals surface area contributed by atoms with Crippen molar-refractivity contribution >= 4 is 52.1 Å². The van der Waals surface area contributed by atoms with Crippen LogP contribution < -0.4 is 15.4 Å². The minimum Gasteiger partial charge on any atom is -0.497 e. The van der Waals surface area contributed by atoms with Crippen LogP contribution in [0.3, 0.4) is 0 Å². The summed E-state index contributed by atoms with van der Waals surface area (Å²) >= 11 is 0. The number of hydrogen-bond acceptors (Lipinski definition) is 4. The lowest BCUT2D eigenvalue weighted by Gasteiger charge is -2.09. The van der Waals surface area contributed by atoms with E-state index in [1.54, 1.807) is 13.2 Å². The number of carbonyl (C=O) groups is 1. The highest BCUT2D eigenvalue weighted by atomic mass is 16.5. The van der Waals surface area contributed by atoms with Crippen molar-refractivity contribution in [2.45, 2.75) is 0 Å². The van der Waals surface area contributed by atoms with Crippen LogP contribution in [0.2, 0.25) is 0 Å². The van der Waals surface area contributed by atoms with Crippen LogP contribution in [0.4, 0.5) is 17.1 Å². The summed E-state index contributed by atoms with van der Waals surface area (Å²) in [6.07, 6.45) is 7.32. The normalized spacial score (nSPS) is 11.3. The van der Waals surface area contributed by atoms with Gasteiger partial charge in [0, 0.05) is 28.5 Å². The summed E-state index contributed by atoms with van der Waals surface area (Å²) in [6.45, 7) is 0. The second-order valence-corrected chi connectivity index (χ2v) is 8.42. The van der Waals surface area contributed by atoms with E-state index in [1.165, 1.54) is 6.08 Å². The minimum atomic E-state index is -0.213. The van der Waals surface area contributed by atoms with Gasteiger partial charge in [0.25, 0.3) is 0 Å². The molecule has 0 aliphatic carbocycles. The Labute approximate surface area is 215 Å². The zero-order chi connectivity index (χ0) is 25.5. The van der Waals surface area contributed by atoms with Crippen molar-refractivity contribution in [2.75, 3.05) is 17.7 Å². The maximum absolute atomic E-state index is 12.4. The summed E-state index contributed by atoms with van der Waals surface area (Å²) in [5.74, 6) is 0.532. The van der Waals surface area contributed by atoms with E-state index in [9.17, 15) is 4.79 Å². The molecule has 1 heterocycles. The lowest BCUT2D eigenvalue weighted by Crippen LogP contribution is -2.07. The molecule has 3 N–H and O–H groups in total. The molecule has 0 aliphatic rings. The molecule has 0 spiro atoms.